The Bertz CT molecular complexity index is 461. The quantitative estimate of drug-likeness (QED) is 0.907. The highest BCUT2D eigenvalue weighted by Crippen LogP contribution is 2.09. The average molecular weight is 297 g/mol. The van der Waals surface area contributed by atoms with Crippen molar-refractivity contribution in [2.75, 3.05) is 19.8 Å². The number of alkyl carbamates (subject to hydrolysis) is 1. The second-order valence-corrected chi connectivity index (χ2v) is 5.96. The smallest absolute Gasteiger partial charge is 0.407 e. The molecule has 1 aromatic heterocycles. The van der Waals surface area contributed by atoms with Crippen LogP contribution < -0.4 is 5.32 Å². The van der Waals surface area contributed by atoms with Crippen LogP contribution in [0.15, 0.2) is 12.5 Å². The second-order valence-electron chi connectivity index (χ2n) is 5.96. The van der Waals surface area contributed by atoms with Gasteiger partial charge in [0.1, 0.15) is 5.60 Å². The molecule has 1 fully saturated rings. The van der Waals surface area contributed by atoms with Gasteiger partial charge in [0.15, 0.2) is 0 Å². The topological polar surface area (TPSA) is 74.6 Å². The van der Waals surface area contributed by atoms with Crippen LogP contribution in [-0.2, 0) is 27.3 Å². The summed E-state index contributed by atoms with van der Waals surface area (Å²) >= 11 is 0. The van der Waals surface area contributed by atoms with Gasteiger partial charge in [0.25, 0.3) is 0 Å². The second kappa shape index (κ2) is 6.91. The van der Waals surface area contributed by atoms with Crippen molar-refractivity contribution in [3.8, 4) is 0 Å². The number of carbonyl (C=O) groups is 1. The predicted octanol–water partition coefficient (Wildman–Crippen LogP) is 1.32. The summed E-state index contributed by atoms with van der Waals surface area (Å²) < 4.78 is 18.1. The van der Waals surface area contributed by atoms with E-state index in [1.54, 1.807) is 12.5 Å². The maximum atomic E-state index is 11.6. The van der Waals surface area contributed by atoms with Crippen molar-refractivity contribution < 1.29 is 19.0 Å². The van der Waals surface area contributed by atoms with Crippen LogP contribution in [0.5, 0.6) is 0 Å². The Morgan fingerprint density at radius 2 is 2.33 bits per heavy atom. The Hall–Kier alpha value is -1.60. The fourth-order valence-electron chi connectivity index (χ4n) is 2.00. The SMILES string of the molecule is CC(C)(C)OC(=O)NCc1cncn1CC1COCCO1. The fraction of sp³-hybridized carbons (Fsp3) is 0.714. The number of ether oxygens (including phenoxy) is 3. The standard InChI is InChI=1S/C14H23N3O4/c1-14(2,3)21-13(18)16-7-11-6-15-10-17(11)8-12-9-19-4-5-20-12/h6,10,12H,4-5,7-9H2,1-3H3,(H,16,18). The molecule has 2 rings (SSSR count). The van der Waals surface area contributed by atoms with E-state index in [4.69, 9.17) is 14.2 Å². The number of rotatable bonds is 4. The fourth-order valence-corrected chi connectivity index (χ4v) is 2.00. The van der Waals surface area contributed by atoms with Crippen LogP contribution in [0.2, 0.25) is 0 Å². The van der Waals surface area contributed by atoms with Gasteiger partial charge >= 0.3 is 6.09 Å². The van der Waals surface area contributed by atoms with Crippen LogP contribution in [0.25, 0.3) is 0 Å². The van der Waals surface area contributed by atoms with Crippen molar-refractivity contribution in [3.05, 3.63) is 18.2 Å². The van der Waals surface area contributed by atoms with Gasteiger partial charge in [-0.1, -0.05) is 0 Å². The van der Waals surface area contributed by atoms with E-state index in [2.05, 4.69) is 10.3 Å². The molecule has 1 unspecified atom stereocenters. The van der Waals surface area contributed by atoms with Gasteiger partial charge in [-0.3, -0.25) is 0 Å². The van der Waals surface area contributed by atoms with Crippen molar-refractivity contribution in [2.24, 2.45) is 0 Å². The molecule has 1 atom stereocenters. The lowest BCUT2D eigenvalue weighted by Crippen LogP contribution is -2.34. The van der Waals surface area contributed by atoms with Crippen molar-refractivity contribution in [1.29, 1.82) is 0 Å². The lowest BCUT2D eigenvalue weighted by molar-refractivity contribution is -0.0938. The first-order valence-electron chi connectivity index (χ1n) is 7.09. The van der Waals surface area contributed by atoms with E-state index in [0.29, 0.717) is 32.9 Å². The first-order valence-corrected chi connectivity index (χ1v) is 7.09. The number of nitrogens with one attached hydrogen (secondary N) is 1. The highest BCUT2D eigenvalue weighted by molar-refractivity contribution is 5.67. The number of carbonyl (C=O) groups excluding carboxylic acids is 1. The van der Waals surface area contributed by atoms with Crippen LogP contribution in [0, 0.1) is 0 Å². The van der Waals surface area contributed by atoms with Crippen LogP contribution in [0.3, 0.4) is 0 Å². The van der Waals surface area contributed by atoms with Crippen LogP contribution in [0.1, 0.15) is 26.5 Å². The number of hydrogen-bond donors (Lipinski definition) is 1. The Labute approximate surface area is 124 Å². The van der Waals surface area contributed by atoms with Crippen molar-refractivity contribution in [1.82, 2.24) is 14.9 Å². The summed E-state index contributed by atoms with van der Waals surface area (Å²) in [5.74, 6) is 0. The van der Waals surface area contributed by atoms with Gasteiger partial charge in [-0.2, -0.15) is 0 Å². The molecule has 0 aliphatic carbocycles. The third-order valence-corrected chi connectivity index (χ3v) is 2.90. The number of amides is 1. The first kappa shape index (κ1) is 15.8. The van der Waals surface area contributed by atoms with Gasteiger partial charge in [-0.25, -0.2) is 9.78 Å². The summed E-state index contributed by atoms with van der Waals surface area (Å²) in [4.78, 5) is 15.8. The molecule has 0 spiro atoms. The Morgan fingerprint density at radius 3 is 3.00 bits per heavy atom. The average Bonchev–Trinajstić information content (AvgIpc) is 2.83. The van der Waals surface area contributed by atoms with Gasteiger partial charge in [-0.05, 0) is 20.8 Å². The minimum Gasteiger partial charge on any atom is -0.444 e. The van der Waals surface area contributed by atoms with Crippen molar-refractivity contribution >= 4 is 6.09 Å². The van der Waals surface area contributed by atoms with Gasteiger partial charge < -0.3 is 24.1 Å². The molecule has 0 bridgehead atoms. The third-order valence-electron chi connectivity index (χ3n) is 2.90. The number of nitrogens with zero attached hydrogens (tertiary/aromatic N) is 2. The molecule has 118 valence electrons. The Morgan fingerprint density at radius 1 is 1.52 bits per heavy atom. The molecule has 7 nitrogen and oxygen atoms in total. The maximum absolute atomic E-state index is 11.6. The minimum atomic E-state index is -0.502. The summed E-state index contributed by atoms with van der Waals surface area (Å²) in [7, 11) is 0. The molecule has 1 aromatic rings. The van der Waals surface area contributed by atoms with E-state index in [0.717, 1.165) is 5.69 Å². The molecule has 1 amide bonds. The van der Waals surface area contributed by atoms with E-state index >= 15 is 0 Å². The van der Waals surface area contributed by atoms with E-state index in [-0.39, 0.29) is 6.10 Å². The zero-order chi connectivity index (χ0) is 15.3. The molecule has 1 N–H and O–H groups in total. The molecule has 21 heavy (non-hydrogen) atoms. The molecule has 1 aliphatic heterocycles. The number of aromatic nitrogens is 2. The zero-order valence-electron chi connectivity index (χ0n) is 12.8. The van der Waals surface area contributed by atoms with E-state index in [1.165, 1.54) is 0 Å². The summed E-state index contributed by atoms with van der Waals surface area (Å²) in [5, 5.41) is 2.73. The van der Waals surface area contributed by atoms with Gasteiger partial charge in [0, 0.05) is 6.20 Å². The van der Waals surface area contributed by atoms with E-state index in [1.807, 2.05) is 25.3 Å². The highest BCUT2D eigenvalue weighted by atomic mass is 16.6. The van der Waals surface area contributed by atoms with E-state index in [9.17, 15) is 4.79 Å². The summed E-state index contributed by atoms with van der Waals surface area (Å²) in [6, 6.07) is 0. The zero-order valence-corrected chi connectivity index (χ0v) is 12.8. The van der Waals surface area contributed by atoms with Gasteiger partial charge in [-0.15, -0.1) is 0 Å². The van der Waals surface area contributed by atoms with Crippen LogP contribution >= 0.6 is 0 Å². The van der Waals surface area contributed by atoms with Crippen LogP contribution in [0.4, 0.5) is 4.79 Å². The summed E-state index contributed by atoms with van der Waals surface area (Å²) in [6.45, 7) is 8.36. The highest BCUT2D eigenvalue weighted by Gasteiger charge is 2.18. The van der Waals surface area contributed by atoms with Crippen molar-refractivity contribution in [2.45, 2.75) is 45.6 Å². The van der Waals surface area contributed by atoms with Gasteiger partial charge in [0.05, 0.1) is 51.0 Å². The van der Waals surface area contributed by atoms with Crippen LogP contribution in [-0.4, -0.2) is 47.2 Å². The molecule has 2 heterocycles. The first-order chi connectivity index (χ1) is 9.94. The van der Waals surface area contributed by atoms with E-state index < -0.39 is 11.7 Å². The number of hydrogen-bond acceptors (Lipinski definition) is 5. The lowest BCUT2D eigenvalue weighted by Gasteiger charge is -2.24. The molecule has 0 radical (unpaired) electrons. The molecular weight excluding hydrogens is 274 g/mol. The molecule has 7 heteroatoms. The molecule has 0 aromatic carbocycles. The normalized spacial score (nSPS) is 19.3. The minimum absolute atomic E-state index is 0.0215. The monoisotopic (exact) mass is 297 g/mol. The predicted molar refractivity (Wildman–Crippen MR) is 75.9 cm³/mol. The largest absolute Gasteiger partial charge is 0.444 e. The summed E-state index contributed by atoms with van der Waals surface area (Å²) in [5.41, 5.74) is 0.396. The van der Waals surface area contributed by atoms with Crippen molar-refractivity contribution in [3.63, 3.8) is 0 Å². The molecular formula is C14H23N3O4. The summed E-state index contributed by atoms with van der Waals surface area (Å²) in [6.07, 6.45) is 3.03. The Balaban J connectivity index is 1.84. The maximum Gasteiger partial charge on any atom is 0.407 e. The third kappa shape index (κ3) is 5.35. The molecule has 1 aliphatic rings. The molecule has 1 saturated heterocycles. The van der Waals surface area contributed by atoms with Gasteiger partial charge in [0.2, 0.25) is 0 Å². The lowest BCUT2D eigenvalue weighted by atomic mass is 10.2. The molecule has 0 saturated carbocycles. The number of imidazole rings is 1. The Kier molecular flexibility index (Phi) is 5.19.